The molecule has 0 spiro atoms. The number of carbonyl (C=O) groups is 2. The Morgan fingerprint density at radius 2 is 1.69 bits per heavy atom. The molecule has 1 N–H and O–H groups in total. The molecule has 42 heavy (non-hydrogen) atoms. The number of ether oxygens (including phenoxy) is 3. The van der Waals surface area contributed by atoms with Crippen LogP contribution in [0.3, 0.4) is 0 Å². The van der Waals surface area contributed by atoms with Gasteiger partial charge in [-0.15, -0.1) is 10.2 Å². The molecule has 1 fully saturated rings. The second-order valence-electron chi connectivity index (χ2n) is 8.74. The van der Waals surface area contributed by atoms with Gasteiger partial charge in [0.2, 0.25) is 10.9 Å². The monoisotopic (exact) mass is 644 g/mol. The zero-order chi connectivity index (χ0) is 30.0. The lowest BCUT2D eigenvalue weighted by molar-refractivity contribution is -0.132. The summed E-state index contributed by atoms with van der Waals surface area (Å²) in [7, 11) is 4.37. The van der Waals surface area contributed by atoms with Crippen molar-refractivity contribution in [1.82, 2.24) is 15.2 Å². The van der Waals surface area contributed by atoms with Gasteiger partial charge in [-0.2, -0.15) is 0 Å². The summed E-state index contributed by atoms with van der Waals surface area (Å²) in [6.07, 6.45) is 2.95. The van der Waals surface area contributed by atoms with E-state index in [1.165, 1.54) is 62.5 Å². The highest BCUT2D eigenvalue weighted by atomic mass is 35.5. The Kier molecular flexibility index (Phi) is 8.88. The molecule has 0 aliphatic carbocycles. The van der Waals surface area contributed by atoms with Crippen LogP contribution in [0.25, 0.3) is 5.76 Å². The fourth-order valence-corrected chi connectivity index (χ4v) is 6.83. The van der Waals surface area contributed by atoms with Crippen LogP contribution in [0, 0.1) is 0 Å². The maximum absolute atomic E-state index is 13.6. The zero-order valence-corrected chi connectivity index (χ0v) is 25.5. The summed E-state index contributed by atoms with van der Waals surface area (Å²) in [6.45, 7) is 0. The lowest BCUT2D eigenvalue weighted by Gasteiger charge is -2.24. The Balaban J connectivity index is 1.60. The number of hydrogen-bond acceptors (Lipinski definition) is 11. The molecule has 0 bridgehead atoms. The molecule has 1 atom stereocenters. The molecule has 1 saturated heterocycles. The highest BCUT2D eigenvalue weighted by Gasteiger charge is 2.49. The van der Waals surface area contributed by atoms with Crippen molar-refractivity contribution in [2.75, 3.05) is 26.2 Å². The Hall–Kier alpha value is -3.84. The highest BCUT2D eigenvalue weighted by molar-refractivity contribution is 8.00. The van der Waals surface area contributed by atoms with Gasteiger partial charge in [-0.3, -0.25) is 19.5 Å². The average Bonchev–Trinajstić information content (AvgIpc) is 3.57. The van der Waals surface area contributed by atoms with E-state index in [2.05, 4.69) is 15.2 Å². The highest BCUT2D eigenvalue weighted by Crippen LogP contribution is 2.48. The molecular formula is C28H22Cl2N4O6S2. The van der Waals surface area contributed by atoms with E-state index >= 15 is 0 Å². The average molecular weight is 646 g/mol. The number of rotatable bonds is 9. The van der Waals surface area contributed by atoms with Crippen molar-refractivity contribution < 1.29 is 28.9 Å². The first kappa shape index (κ1) is 29.6. The third-order valence-corrected chi connectivity index (χ3v) is 9.06. The predicted octanol–water partition coefficient (Wildman–Crippen LogP) is 6.18. The fourth-order valence-electron chi connectivity index (χ4n) is 4.41. The van der Waals surface area contributed by atoms with Crippen molar-refractivity contribution in [2.45, 2.75) is 16.1 Å². The summed E-state index contributed by atoms with van der Waals surface area (Å²) in [6, 6.07) is 10.4. The maximum Gasteiger partial charge on any atom is 0.301 e. The first-order valence-corrected chi connectivity index (χ1v) is 14.7. The van der Waals surface area contributed by atoms with Gasteiger partial charge in [0, 0.05) is 33.8 Å². The van der Waals surface area contributed by atoms with Gasteiger partial charge >= 0.3 is 5.91 Å². The number of aliphatic hydroxyl groups excluding tert-OH is 1. The van der Waals surface area contributed by atoms with E-state index in [1.807, 2.05) is 6.07 Å². The summed E-state index contributed by atoms with van der Waals surface area (Å²) < 4.78 is 17.0. The van der Waals surface area contributed by atoms with Crippen molar-refractivity contribution in [3.05, 3.63) is 87.2 Å². The second-order valence-corrected chi connectivity index (χ2v) is 11.8. The van der Waals surface area contributed by atoms with Gasteiger partial charge < -0.3 is 19.3 Å². The number of methoxy groups -OCH3 is 3. The van der Waals surface area contributed by atoms with E-state index in [9.17, 15) is 14.7 Å². The van der Waals surface area contributed by atoms with Gasteiger partial charge in [0.15, 0.2) is 15.8 Å². The third kappa shape index (κ3) is 5.62. The molecule has 3 heterocycles. The molecule has 2 aromatic heterocycles. The Labute approximate surface area is 258 Å². The van der Waals surface area contributed by atoms with Crippen molar-refractivity contribution >= 4 is 68.9 Å². The molecule has 1 unspecified atom stereocenters. The molecule has 10 nitrogen and oxygen atoms in total. The van der Waals surface area contributed by atoms with Crippen LogP contribution in [0.2, 0.25) is 10.0 Å². The SMILES string of the molecule is COc1cc(C2/C(=C(\O)c3ccncc3)C(=O)C(=O)N2c2nnc(SCc3ccc(Cl)cc3Cl)s2)cc(OC)c1OC. The normalized spacial score (nSPS) is 16.1. The number of halogens is 2. The van der Waals surface area contributed by atoms with Gasteiger partial charge in [0.25, 0.3) is 5.78 Å². The second kappa shape index (κ2) is 12.6. The van der Waals surface area contributed by atoms with Gasteiger partial charge in [-0.25, -0.2) is 0 Å². The Morgan fingerprint density at radius 3 is 2.31 bits per heavy atom. The number of hydrogen-bond donors (Lipinski definition) is 1. The minimum atomic E-state index is -1.09. The van der Waals surface area contributed by atoms with Gasteiger partial charge in [-0.05, 0) is 47.5 Å². The van der Waals surface area contributed by atoms with Crippen molar-refractivity contribution in [3.63, 3.8) is 0 Å². The number of aromatic nitrogens is 3. The number of Topliss-reactive ketones (excluding diaryl/α,β-unsaturated/α-hetero) is 1. The van der Waals surface area contributed by atoms with Crippen LogP contribution in [-0.4, -0.2) is 53.3 Å². The molecule has 4 aromatic rings. The summed E-state index contributed by atoms with van der Waals surface area (Å²) in [5.41, 5.74) is 1.43. The predicted molar refractivity (Wildman–Crippen MR) is 161 cm³/mol. The van der Waals surface area contributed by atoms with Gasteiger partial charge in [0.1, 0.15) is 5.76 Å². The van der Waals surface area contributed by atoms with E-state index in [4.69, 9.17) is 37.4 Å². The largest absolute Gasteiger partial charge is 0.507 e. The topological polar surface area (TPSA) is 124 Å². The van der Waals surface area contributed by atoms with Crippen molar-refractivity contribution in [2.24, 2.45) is 0 Å². The van der Waals surface area contributed by atoms with Crippen molar-refractivity contribution in [1.29, 1.82) is 0 Å². The molecule has 0 saturated carbocycles. The molecule has 216 valence electrons. The molecule has 1 aliphatic rings. The number of nitrogens with zero attached hydrogens (tertiary/aromatic N) is 4. The van der Waals surface area contributed by atoms with E-state index in [1.54, 1.807) is 24.3 Å². The van der Waals surface area contributed by atoms with Crippen LogP contribution < -0.4 is 19.1 Å². The van der Waals surface area contributed by atoms with Crippen molar-refractivity contribution in [3.8, 4) is 17.2 Å². The number of ketones is 1. The summed E-state index contributed by atoms with van der Waals surface area (Å²) in [5, 5.41) is 21.0. The third-order valence-electron chi connectivity index (χ3n) is 6.37. The molecule has 1 amide bonds. The molecule has 2 aromatic carbocycles. The first-order chi connectivity index (χ1) is 20.3. The number of anilines is 1. The maximum atomic E-state index is 13.6. The number of thioether (sulfide) groups is 1. The van der Waals surface area contributed by atoms with Crippen LogP contribution in [0.15, 0.2) is 64.8 Å². The quantitative estimate of drug-likeness (QED) is 0.0742. The van der Waals surface area contributed by atoms with E-state index in [0.29, 0.717) is 48.5 Å². The van der Waals surface area contributed by atoms with Crippen LogP contribution >= 0.6 is 46.3 Å². The van der Waals surface area contributed by atoms with E-state index < -0.39 is 17.7 Å². The Bertz CT molecular complexity index is 1670. The number of carbonyl (C=O) groups excluding carboxylic acids is 2. The molecule has 14 heteroatoms. The number of aliphatic hydroxyl groups is 1. The summed E-state index contributed by atoms with van der Waals surface area (Å²) in [4.78, 5) is 32.3. The molecule has 0 radical (unpaired) electrons. The van der Waals surface area contributed by atoms with E-state index in [0.717, 1.165) is 16.9 Å². The molecule has 5 rings (SSSR count). The van der Waals surface area contributed by atoms with Crippen LogP contribution in [0.5, 0.6) is 17.2 Å². The van der Waals surface area contributed by atoms with E-state index in [-0.39, 0.29) is 16.5 Å². The lowest BCUT2D eigenvalue weighted by atomic mass is 9.95. The van der Waals surface area contributed by atoms with Crippen LogP contribution in [0.4, 0.5) is 5.13 Å². The number of amides is 1. The standard InChI is InChI=1S/C28H22Cl2N4O6S2/c1-38-19-10-16(11-20(39-2)25(19)40-3)22-21(23(35)14-6-8-31-9-7-14)24(36)26(37)34(22)27-32-33-28(42-27)41-13-15-4-5-17(29)12-18(15)30/h4-12,22,35H,13H2,1-3H3/b23-21+. The number of pyridine rings is 1. The first-order valence-electron chi connectivity index (χ1n) is 12.2. The van der Waals surface area contributed by atoms with Crippen LogP contribution in [-0.2, 0) is 15.3 Å². The minimum Gasteiger partial charge on any atom is -0.507 e. The smallest absolute Gasteiger partial charge is 0.301 e. The number of benzene rings is 2. The molecule has 1 aliphatic heterocycles. The fraction of sp³-hybridized carbons (Fsp3) is 0.179. The minimum absolute atomic E-state index is 0.141. The summed E-state index contributed by atoms with van der Waals surface area (Å²) >= 11 is 14.8. The van der Waals surface area contributed by atoms with Gasteiger partial charge in [-0.1, -0.05) is 52.4 Å². The Morgan fingerprint density at radius 1 is 1.00 bits per heavy atom. The molecular weight excluding hydrogens is 623 g/mol. The summed E-state index contributed by atoms with van der Waals surface area (Å²) in [5.74, 6) is -0.733. The zero-order valence-electron chi connectivity index (χ0n) is 22.3. The van der Waals surface area contributed by atoms with Gasteiger partial charge in [0.05, 0.1) is 32.9 Å². The van der Waals surface area contributed by atoms with Crippen LogP contribution in [0.1, 0.15) is 22.7 Å². The lowest BCUT2D eigenvalue weighted by Crippen LogP contribution is -2.29.